The van der Waals surface area contributed by atoms with E-state index >= 15 is 0 Å². The van der Waals surface area contributed by atoms with E-state index < -0.39 is 0 Å². The number of carbonyl (C=O) groups is 2. The molecule has 1 aliphatic rings. The standard InChI is InChI=1S/C17H26N4O2.C8H9Cl/c1-5-19(6-2)9-7-8-17(23)20-11-13(3)21-15(14(4)22)10-18-16(21)12-20;1-2-7-5-3-4-6-8(7)9/h7-8,10,13H,5-6,9,11-12H2,1-4H3;3-6H,2H2,1H3/b8-7+;. The topological polar surface area (TPSA) is 58.4 Å². The molecule has 3 rings (SSSR count). The predicted molar refractivity (Wildman–Crippen MR) is 130 cm³/mol. The second-order valence-electron chi connectivity index (χ2n) is 7.89. The highest BCUT2D eigenvalue weighted by molar-refractivity contribution is 6.31. The Labute approximate surface area is 196 Å². The molecule has 0 spiro atoms. The summed E-state index contributed by atoms with van der Waals surface area (Å²) >= 11 is 5.82. The van der Waals surface area contributed by atoms with Crippen molar-refractivity contribution in [2.24, 2.45) is 0 Å². The number of benzene rings is 1. The summed E-state index contributed by atoms with van der Waals surface area (Å²) in [5.41, 5.74) is 1.84. The van der Waals surface area contributed by atoms with Gasteiger partial charge in [-0.05, 0) is 38.1 Å². The Morgan fingerprint density at radius 3 is 2.47 bits per heavy atom. The molecule has 0 saturated carbocycles. The van der Waals surface area contributed by atoms with Crippen LogP contribution in [0.25, 0.3) is 0 Å². The third kappa shape index (κ3) is 6.78. The summed E-state index contributed by atoms with van der Waals surface area (Å²) in [4.78, 5) is 32.4. The maximum absolute atomic E-state index is 12.4. The molecule has 1 aliphatic heterocycles. The van der Waals surface area contributed by atoms with E-state index in [1.807, 2.05) is 41.8 Å². The average Bonchev–Trinajstić information content (AvgIpc) is 3.22. The largest absolute Gasteiger partial charge is 0.330 e. The van der Waals surface area contributed by atoms with E-state index in [2.05, 4.69) is 30.7 Å². The first-order valence-electron chi connectivity index (χ1n) is 11.3. The third-order valence-electron chi connectivity index (χ3n) is 5.66. The highest BCUT2D eigenvalue weighted by Gasteiger charge is 2.28. The van der Waals surface area contributed by atoms with Crippen molar-refractivity contribution < 1.29 is 9.59 Å². The molecule has 1 amide bonds. The Morgan fingerprint density at radius 1 is 1.22 bits per heavy atom. The van der Waals surface area contributed by atoms with Crippen molar-refractivity contribution in [3.05, 3.63) is 64.7 Å². The van der Waals surface area contributed by atoms with Gasteiger partial charge in [0.2, 0.25) is 5.91 Å². The molecular formula is C25H35ClN4O2. The second-order valence-corrected chi connectivity index (χ2v) is 8.29. The molecule has 7 heteroatoms. The van der Waals surface area contributed by atoms with Gasteiger partial charge in [-0.2, -0.15) is 0 Å². The molecule has 0 N–H and O–H groups in total. The monoisotopic (exact) mass is 458 g/mol. The fourth-order valence-corrected chi connectivity index (χ4v) is 4.02. The van der Waals surface area contributed by atoms with Gasteiger partial charge in [-0.15, -0.1) is 0 Å². The highest BCUT2D eigenvalue weighted by Crippen LogP contribution is 2.23. The van der Waals surface area contributed by atoms with E-state index in [0.717, 1.165) is 36.9 Å². The molecule has 1 aromatic heterocycles. The summed E-state index contributed by atoms with van der Waals surface area (Å²) < 4.78 is 1.95. The van der Waals surface area contributed by atoms with Crippen molar-refractivity contribution >= 4 is 23.3 Å². The number of carbonyl (C=O) groups excluding carboxylic acids is 2. The fourth-order valence-electron chi connectivity index (χ4n) is 3.75. The number of aryl methyl sites for hydroxylation is 1. The number of amides is 1. The molecule has 174 valence electrons. The zero-order valence-electron chi connectivity index (χ0n) is 19.8. The highest BCUT2D eigenvalue weighted by atomic mass is 35.5. The Hall–Kier alpha value is -2.44. The average molecular weight is 459 g/mol. The van der Waals surface area contributed by atoms with E-state index in [4.69, 9.17) is 11.6 Å². The first kappa shape index (κ1) is 25.8. The lowest BCUT2D eigenvalue weighted by Crippen LogP contribution is -2.40. The normalized spacial score (nSPS) is 15.5. The van der Waals surface area contributed by atoms with Gasteiger partial charge in [0, 0.05) is 31.1 Å². The number of rotatable bonds is 7. The smallest absolute Gasteiger partial charge is 0.246 e. The Balaban J connectivity index is 0.000000336. The van der Waals surface area contributed by atoms with E-state index in [1.165, 1.54) is 5.56 Å². The molecule has 0 bridgehead atoms. The minimum Gasteiger partial charge on any atom is -0.330 e. The van der Waals surface area contributed by atoms with E-state index in [9.17, 15) is 9.59 Å². The zero-order valence-corrected chi connectivity index (χ0v) is 20.6. The first-order valence-corrected chi connectivity index (χ1v) is 11.7. The van der Waals surface area contributed by atoms with Gasteiger partial charge in [-0.3, -0.25) is 9.59 Å². The third-order valence-corrected chi connectivity index (χ3v) is 6.03. The summed E-state index contributed by atoms with van der Waals surface area (Å²) in [7, 11) is 0. The van der Waals surface area contributed by atoms with Gasteiger partial charge in [0.25, 0.3) is 0 Å². The van der Waals surface area contributed by atoms with Gasteiger partial charge in [-0.1, -0.05) is 56.6 Å². The molecule has 1 unspecified atom stereocenters. The molecular weight excluding hydrogens is 424 g/mol. The minimum atomic E-state index is 0.00244. The summed E-state index contributed by atoms with van der Waals surface area (Å²) in [5, 5.41) is 0.875. The van der Waals surface area contributed by atoms with Crippen LogP contribution in [0, 0.1) is 0 Å². The van der Waals surface area contributed by atoms with E-state index in [0.29, 0.717) is 18.8 Å². The molecule has 32 heavy (non-hydrogen) atoms. The number of fused-ring (bicyclic) bond motifs is 1. The SMILES string of the molecule is CCN(CC)C/C=C/C(=O)N1Cc2ncc(C(C)=O)n2C(C)C1.CCc1ccccc1Cl. The Bertz CT molecular complexity index is 934. The van der Waals surface area contributed by atoms with Crippen LogP contribution in [0.15, 0.2) is 42.6 Å². The molecule has 0 aliphatic carbocycles. The van der Waals surface area contributed by atoms with Gasteiger partial charge in [-0.25, -0.2) is 4.98 Å². The van der Waals surface area contributed by atoms with Crippen molar-refractivity contribution in [2.75, 3.05) is 26.2 Å². The summed E-state index contributed by atoms with van der Waals surface area (Å²) in [5.74, 6) is 0.788. The number of hydrogen-bond donors (Lipinski definition) is 0. The Morgan fingerprint density at radius 2 is 1.91 bits per heavy atom. The molecule has 0 fully saturated rings. The zero-order chi connectivity index (χ0) is 23.7. The fraction of sp³-hybridized carbons (Fsp3) is 0.480. The van der Waals surface area contributed by atoms with Gasteiger partial charge in [0.15, 0.2) is 5.78 Å². The molecule has 0 radical (unpaired) electrons. The maximum atomic E-state index is 12.4. The maximum Gasteiger partial charge on any atom is 0.246 e. The van der Waals surface area contributed by atoms with Crippen molar-refractivity contribution in [1.29, 1.82) is 0 Å². The number of imidazole rings is 1. The van der Waals surface area contributed by atoms with Crippen LogP contribution in [0.1, 0.15) is 62.5 Å². The van der Waals surface area contributed by atoms with Crippen LogP contribution in [0.4, 0.5) is 0 Å². The summed E-state index contributed by atoms with van der Waals surface area (Å²) in [6.45, 7) is 13.6. The summed E-state index contributed by atoms with van der Waals surface area (Å²) in [6, 6.07) is 7.97. The first-order chi connectivity index (χ1) is 15.3. The second kappa shape index (κ2) is 12.6. The minimum absolute atomic E-state index is 0.00244. The van der Waals surface area contributed by atoms with Crippen molar-refractivity contribution in [3.8, 4) is 0 Å². The number of halogens is 1. The van der Waals surface area contributed by atoms with E-state index in [1.54, 1.807) is 24.1 Å². The van der Waals surface area contributed by atoms with Crippen LogP contribution >= 0.6 is 11.6 Å². The van der Waals surface area contributed by atoms with Crippen LogP contribution in [-0.4, -0.2) is 57.2 Å². The van der Waals surface area contributed by atoms with Crippen LogP contribution < -0.4 is 0 Å². The van der Waals surface area contributed by atoms with Gasteiger partial charge >= 0.3 is 0 Å². The number of ketones is 1. The Kier molecular flexibility index (Phi) is 10.1. The quantitative estimate of drug-likeness (QED) is 0.442. The predicted octanol–water partition coefficient (Wildman–Crippen LogP) is 4.79. The van der Waals surface area contributed by atoms with Gasteiger partial charge in [0.1, 0.15) is 11.5 Å². The van der Waals surface area contributed by atoms with Crippen LogP contribution in [0.5, 0.6) is 0 Å². The van der Waals surface area contributed by atoms with Crippen molar-refractivity contribution in [1.82, 2.24) is 19.4 Å². The number of Topliss-reactive ketones (excluding diaryl/α,β-unsaturated/α-hetero) is 1. The van der Waals surface area contributed by atoms with Crippen molar-refractivity contribution in [3.63, 3.8) is 0 Å². The number of nitrogens with zero attached hydrogens (tertiary/aromatic N) is 4. The number of hydrogen-bond acceptors (Lipinski definition) is 4. The summed E-state index contributed by atoms with van der Waals surface area (Å²) in [6.07, 6.45) is 6.19. The van der Waals surface area contributed by atoms with E-state index in [-0.39, 0.29) is 17.7 Å². The lowest BCUT2D eigenvalue weighted by Gasteiger charge is -2.32. The van der Waals surface area contributed by atoms with Gasteiger partial charge < -0.3 is 14.4 Å². The number of aromatic nitrogens is 2. The molecule has 2 aromatic rings. The molecule has 1 aromatic carbocycles. The molecule has 6 nitrogen and oxygen atoms in total. The van der Waals surface area contributed by atoms with Crippen LogP contribution in [0.2, 0.25) is 5.02 Å². The molecule has 0 saturated heterocycles. The number of likely N-dealkylation sites (N-methyl/N-ethyl adjacent to an activating group) is 1. The van der Waals surface area contributed by atoms with Crippen LogP contribution in [0.3, 0.4) is 0 Å². The van der Waals surface area contributed by atoms with Crippen LogP contribution in [-0.2, 0) is 17.8 Å². The molecule has 1 atom stereocenters. The van der Waals surface area contributed by atoms with Crippen molar-refractivity contribution in [2.45, 2.75) is 53.6 Å². The van der Waals surface area contributed by atoms with Gasteiger partial charge in [0.05, 0.1) is 18.8 Å². The molecule has 2 heterocycles. The lowest BCUT2D eigenvalue weighted by atomic mass is 10.2. The lowest BCUT2D eigenvalue weighted by molar-refractivity contribution is -0.128.